The first-order chi connectivity index (χ1) is 10.6. The van der Waals surface area contributed by atoms with Crippen molar-refractivity contribution in [2.45, 2.75) is 0 Å². The lowest BCUT2D eigenvalue weighted by molar-refractivity contribution is 0.306. The molecule has 22 heavy (non-hydrogen) atoms. The van der Waals surface area contributed by atoms with Crippen molar-refractivity contribution < 1.29 is 9.50 Å². The first-order valence-electron chi connectivity index (χ1n) is 6.51. The summed E-state index contributed by atoms with van der Waals surface area (Å²) in [5, 5.41) is 21.4. The molecule has 0 bridgehead atoms. The van der Waals surface area contributed by atoms with Crippen molar-refractivity contribution in [3.8, 4) is 0 Å². The van der Waals surface area contributed by atoms with Gasteiger partial charge in [0.05, 0.1) is 6.61 Å². The van der Waals surface area contributed by atoms with Crippen LogP contribution >= 0.6 is 0 Å². The van der Waals surface area contributed by atoms with Crippen LogP contribution in [-0.4, -0.2) is 24.1 Å². The highest BCUT2D eigenvalue weighted by atomic mass is 19.1. The first kappa shape index (κ1) is 17.4. The number of halogens is 1. The number of amidine groups is 1. The molecule has 0 aliphatic heterocycles. The number of para-hydroxylation sites is 1. The number of aliphatic hydroxyl groups excluding tert-OH is 1. The van der Waals surface area contributed by atoms with Gasteiger partial charge in [-0.05, 0) is 30.3 Å². The van der Waals surface area contributed by atoms with Gasteiger partial charge in [0.2, 0.25) is 0 Å². The third-order valence-electron chi connectivity index (χ3n) is 2.53. The van der Waals surface area contributed by atoms with Crippen molar-refractivity contribution >= 4 is 17.2 Å². The van der Waals surface area contributed by atoms with Crippen molar-refractivity contribution in [2.24, 2.45) is 10.8 Å². The van der Waals surface area contributed by atoms with E-state index in [9.17, 15) is 4.39 Å². The molecule has 6 nitrogen and oxygen atoms in total. The minimum Gasteiger partial charge on any atom is -0.395 e. The summed E-state index contributed by atoms with van der Waals surface area (Å²) in [6.45, 7) is 0.472. The Bertz CT molecular complexity index is 631. The van der Waals surface area contributed by atoms with Crippen molar-refractivity contribution in [1.29, 1.82) is 10.9 Å². The fourth-order valence-corrected chi connectivity index (χ4v) is 1.58. The normalized spacial score (nSPS) is 9.41. The molecule has 0 saturated carbocycles. The van der Waals surface area contributed by atoms with Gasteiger partial charge in [0, 0.05) is 23.5 Å². The van der Waals surface area contributed by atoms with Gasteiger partial charge in [-0.15, -0.1) is 5.11 Å². The highest BCUT2D eigenvalue weighted by Gasteiger charge is 2.06. The number of nitrogens with zero attached hydrogens (tertiary/aromatic N) is 1. The number of rotatable bonds is 4. The molecule has 2 rings (SSSR count). The van der Waals surface area contributed by atoms with E-state index < -0.39 is 0 Å². The Kier molecular flexibility index (Phi) is 7.38. The summed E-state index contributed by atoms with van der Waals surface area (Å²) in [5.74, 6) is -0.479. The lowest BCUT2D eigenvalue weighted by Crippen LogP contribution is -2.02. The molecule has 2 aromatic carbocycles. The van der Waals surface area contributed by atoms with E-state index in [0.717, 1.165) is 0 Å². The van der Waals surface area contributed by atoms with Crippen LogP contribution in [0.1, 0.15) is 5.56 Å². The average molecular weight is 303 g/mol. The van der Waals surface area contributed by atoms with Crippen LogP contribution in [0.25, 0.3) is 0 Å². The summed E-state index contributed by atoms with van der Waals surface area (Å²) in [7, 11) is 0. The molecule has 0 saturated heterocycles. The molecule has 7 heteroatoms. The second kappa shape index (κ2) is 9.32. The molecule has 0 radical (unpaired) electrons. The lowest BCUT2D eigenvalue weighted by atomic mass is 10.1. The van der Waals surface area contributed by atoms with Crippen LogP contribution < -0.4 is 11.1 Å². The van der Waals surface area contributed by atoms with Crippen LogP contribution in [0.2, 0.25) is 0 Å². The molecule has 0 unspecified atom stereocenters. The molecular formula is C15H18FN5O. The van der Waals surface area contributed by atoms with Gasteiger partial charge in [-0.25, -0.2) is 9.92 Å². The third-order valence-corrected chi connectivity index (χ3v) is 2.53. The average Bonchev–Trinajstić information content (AvgIpc) is 2.55. The van der Waals surface area contributed by atoms with Gasteiger partial charge in [0.25, 0.3) is 0 Å². The number of nitrogens with two attached hydrogens (primary N) is 1. The summed E-state index contributed by atoms with van der Waals surface area (Å²) in [6, 6.07) is 13.0. The second-order valence-corrected chi connectivity index (χ2v) is 4.15. The van der Waals surface area contributed by atoms with E-state index >= 15 is 0 Å². The summed E-state index contributed by atoms with van der Waals surface area (Å²) in [6.07, 6.45) is 0. The Morgan fingerprint density at radius 3 is 2.50 bits per heavy atom. The van der Waals surface area contributed by atoms with E-state index in [1.807, 2.05) is 0 Å². The van der Waals surface area contributed by atoms with Crippen molar-refractivity contribution in [1.82, 2.24) is 0 Å². The number of anilines is 2. The molecule has 0 spiro atoms. The molecule has 0 heterocycles. The smallest absolute Gasteiger partial charge is 0.175 e. The largest absolute Gasteiger partial charge is 0.395 e. The van der Waals surface area contributed by atoms with Crippen LogP contribution in [0, 0.1) is 16.8 Å². The topological polar surface area (TPSA) is 118 Å². The SMILES string of the molecule is N=NC(=N)c1ccccc1Nc1cccc(F)c1.NCCO. The van der Waals surface area contributed by atoms with Gasteiger partial charge >= 0.3 is 0 Å². The molecule has 0 aliphatic rings. The maximum Gasteiger partial charge on any atom is 0.175 e. The summed E-state index contributed by atoms with van der Waals surface area (Å²) >= 11 is 0. The van der Waals surface area contributed by atoms with Gasteiger partial charge in [0.15, 0.2) is 5.84 Å². The van der Waals surface area contributed by atoms with Gasteiger partial charge in [0.1, 0.15) is 5.82 Å². The van der Waals surface area contributed by atoms with E-state index in [4.69, 9.17) is 21.8 Å². The Morgan fingerprint density at radius 1 is 1.23 bits per heavy atom. The minimum absolute atomic E-state index is 0.0972. The standard InChI is InChI=1S/C13H11FN4.C2H7NO/c14-9-4-3-5-10(8-9)17-12-7-2-1-6-11(12)13(15)18-16;3-1-2-4/h1-8,15-17H;4H,1-3H2. The molecule has 0 aliphatic carbocycles. The lowest BCUT2D eigenvalue weighted by Gasteiger charge is -2.10. The number of hydrogen-bond acceptors (Lipinski definition) is 5. The van der Waals surface area contributed by atoms with E-state index in [1.165, 1.54) is 12.1 Å². The fraction of sp³-hybridized carbons (Fsp3) is 0.133. The molecular weight excluding hydrogens is 285 g/mol. The maximum absolute atomic E-state index is 13.1. The molecule has 0 fully saturated rings. The Labute approximate surface area is 127 Å². The maximum atomic E-state index is 13.1. The van der Waals surface area contributed by atoms with Gasteiger partial charge in [-0.2, -0.15) is 0 Å². The molecule has 6 N–H and O–H groups in total. The first-order valence-corrected chi connectivity index (χ1v) is 6.51. The minimum atomic E-state index is -0.335. The second-order valence-electron chi connectivity index (χ2n) is 4.15. The molecule has 116 valence electrons. The third kappa shape index (κ3) is 5.39. The van der Waals surface area contributed by atoms with Crippen molar-refractivity contribution in [3.05, 3.63) is 59.9 Å². The Hall–Kier alpha value is -2.64. The zero-order valence-corrected chi connectivity index (χ0v) is 11.9. The predicted octanol–water partition coefficient (Wildman–Crippen LogP) is 2.86. The monoisotopic (exact) mass is 303 g/mol. The van der Waals surface area contributed by atoms with Gasteiger partial charge in [-0.1, -0.05) is 18.2 Å². The number of benzene rings is 2. The Balaban J connectivity index is 0.000000541. The number of aliphatic hydroxyl groups is 1. The van der Waals surface area contributed by atoms with Gasteiger partial charge < -0.3 is 16.2 Å². The van der Waals surface area contributed by atoms with Crippen molar-refractivity contribution in [2.75, 3.05) is 18.5 Å². The van der Waals surface area contributed by atoms with Crippen LogP contribution in [0.5, 0.6) is 0 Å². The van der Waals surface area contributed by atoms with E-state index in [-0.39, 0.29) is 18.3 Å². The van der Waals surface area contributed by atoms with Crippen LogP contribution in [0.3, 0.4) is 0 Å². The van der Waals surface area contributed by atoms with E-state index in [0.29, 0.717) is 23.5 Å². The quantitative estimate of drug-likeness (QED) is 0.339. The molecule has 2 aromatic rings. The Morgan fingerprint density at radius 2 is 1.91 bits per heavy atom. The van der Waals surface area contributed by atoms with Crippen LogP contribution in [0.15, 0.2) is 53.6 Å². The van der Waals surface area contributed by atoms with Crippen molar-refractivity contribution in [3.63, 3.8) is 0 Å². The van der Waals surface area contributed by atoms with Gasteiger partial charge in [-0.3, -0.25) is 5.41 Å². The number of hydrogen-bond donors (Lipinski definition) is 5. The molecule has 0 aromatic heterocycles. The summed E-state index contributed by atoms with van der Waals surface area (Å²) in [5.41, 5.74) is 13.3. The summed E-state index contributed by atoms with van der Waals surface area (Å²) < 4.78 is 13.1. The van der Waals surface area contributed by atoms with Crippen LogP contribution in [0.4, 0.5) is 15.8 Å². The summed E-state index contributed by atoms with van der Waals surface area (Å²) in [4.78, 5) is 0. The highest BCUT2D eigenvalue weighted by molar-refractivity contribution is 6.02. The highest BCUT2D eigenvalue weighted by Crippen LogP contribution is 2.21. The number of nitrogens with one attached hydrogen (secondary N) is 3. The van der Waals surface area contributed by atoms with E-state index in [1.54, 1.807) is 36.4 Å². The van der Waals surface area contributed by atoms with Crippen LogP contribution in [-0.2, 0) is 0 Å². The predicted molar refractivity (Wildman–Crippen MR) is 84.2 cm³/mol. The zero-order chi connectivity index (χ0) is 16.4. The van der Waals surface area contributed by atoms with E-state index in [2.05, 4.69) is 10.4 Å². The fourth-order valence-electron chi connectivity index (χ4n) is 1.58. The molecule has 0 amide bonds. The molecule has 0 atom stereocenters. The zero-order valence-electron chi connectivity index (χ0n) is 11.9.